The molecular weight excluding hydrogens is 264 g/mol. The maximum absolute atomic E-state index is 11.2. The summed E-state index contributed by atoms with van der Waals surface area (Å²) in [7, 11) is 0. The summed E-state index contributed by atoms with van der Waals surface area (Å²) in [6, 6.07) is 13.6. The van der Waals surface area contributed by atoms with E-state index in [1.165, 1.54) is 10.1 Å². The maximum atomic E-state index is 11.2. The Kier molecular flexibility index (Phi) is 2.90. The van der Waals surface area contributed by atoms with E-state index in [-0.39, 0.29) is 0 Å². The lowest BCUT2D eigenvalue weighted by Gasteiger charge is -2.07. The molecule has 0 radical (unpaired) electrons. The number of halogens is 1. The van der Waals surface area contributed by atoms with Gasteiger partial charge in [0.25, 0.3) is 0 Å². The lowest BCUT2D eigenvalue weighted by molar-refractivity contribution is 0.112. The lowest BCUT2D eigenvalue weighted by Crippen LogP contribution is -1.87. The summed E-state index contributed by atoms with van der Waals surface area (Å²) in [4.78, 5) is 11.2. The Hall–Kier alpha value is -1.64. The van der Waals surface area contributed by atoms with Gasteiger partial charge in [-0.15, -0.1) is 11.3 Å². The van der Waals surface area contributed by atoms with Crippen molar-refractivity contribution in [3.63, 3.8) is 0 Å². The summed E-state index contributed by atoms with van der Waals surface area (Å²) in [6.07, 6.45) is 0.855. The molecule has 3 heteroatoms. The Balaban J connectivity index is 2.32. The van der Waals surface area contributed by atoms with Gasteiger partial charge in [-0.1, -0.05) is 35.9 Å². The maximum Gasteiger partial charge on any atom is 0.150 e. The van der Waals surface area contributed by atoms with Crippen LogP contribution >= 0.6 is 22.9 Å². The van der Waals surface area contributed by atoms with E-state index >= 15 is 0 Å². The quantitative estimate of drug-likeness (QED) is 0.598. The van der Waals surface area contributed by atoms with Crippen LogP contribution in [0.4, 0.5) is 0 Å². The lowest BCUT2D eigenvalue weighted by atomic mass is 9.99. The number of aldehydes is 1. The number of benzene rings is 2. The molecule has 1 heterocycles. The van der Waals surface area contributed by atoms with Gasteiger partial charge in [0, 0.05) is 20.8 Å². The van der Waals surface area contributed by atoms with Crippen LogP contribution in [0.2, 0.25) is 5.02 Å². The molecule has 2 aromatic carbocycles. The van der Waals surface area contributed by atoms with Gasteiger partial charge in [-0.2, -0.15) is 0 Å². The molecule has 1 nitrogen and oxygen atoms in total. The Morgan fingerprint density at radius 1 is 1.06 bits per heavy atom. The zero-order valence-electron chi connectivity index (χ0n) is 9.39. The van der Waals surface area contributed by atoms with Crippen LogP contribution < -0.4 is 0 Å². The zero-order valence-corrected chi connectivity index (χ0v) is 11.0. The fraction of sp³-hybridized carbons (Fsp3) is 0. The molecule has 0 saturated heterocycles. The van der Waals surface area contributed by atoms with E-state index in [4.69, 9.17) is 11.6 Å². The molecule has 0 aliphatic rings. The molecule has 3 rings (SSSR count). The smallest absolute Gasteiger partial charge is 0.150 e. The zero-order chi connectivity index (χ0) is 12.5. The summed E-state index contributed by atoms with van der Waals surface area (Å²) < 4.78 is 1.20. The number of carbonyl (C=O) groups excluding carboxylic acids is 1. The first-order valence-electron chi connectivity index (χ1n) is 5.51. The predicted molar refractivity (Wildman–Crippen MR) is 77.7 cm³/mol. The monoisotopic (exact) mass is 272 g/mol. The number of hydrogen-bond acceptors (Lipinski definition) is 2. The number of fused-ring (bicyclic) bond motifs is 1. The second-order valence-corrected chi connectivity index (χ2v) is 5.35. The van der Waals surface area contributed by atoms with E-state index < -0.39 is 0 Å². The number of carbonyl (C=O) groups is 1. The molecule has 0 amide bonds. The largest absolute Gasteiger partial charge is 0.298 e. The van der Waals surface area contributed by atoms with Crippen LogP contribution in [0.15, 0.2) is 47.8 Å². The van der Waals surface area contributed by atoms with Gasteiger partial charge in [0.05, 0.1) is 0 Å². The number of hydrogen-bond donors (Lipinski definition) is 0. The highest BCUT2D eigenvalue weighted by atomic mass is 35.5. The van der Waals surface area contributed by atoms with E-state index in [0.29, 0.717) is 10.6 Å². The van der Waals surface area contributed by atoms with Crippen molar-refractivity contribution in [2.75, 3.05) is 0 Å². The van der Waals surface area contributed by atoms with Crippen LogP contribution in [0.1, 0.15) is 10.4 Å². The molecule has 0 aliphatic carbocycles. The van der Waals surface area contributed by atoms with Gasteiger partial charge in [0.1, 0.15) is 0 Å². The Morgan fingerprint density at radius 2 is 1.94 bits per heavy atom. The summed E-state index contributed by atoms with van der Waals surface area (Å²) in [6.45, 7) is 0. The van der Waals surface area contributed by atoms with E-state index in [2.05, 4.69) is 17.5 Å². The van der Waals surface area contributed by atoms with E-state index in [9.17, 15) is 4.79 Å². The van der Waals surface area contributed by atoms with Crippen LogP contribution in [0.5, 0.6) is 0 Å². The van der Waals surface area contributed by atoms with Gasteiger partial charge < -0.3 is 0 Å². The first-order chi connectivity index (χ1) is 8.79. The van der Waals surface area contributed by atoms with Crippen LogP contribution in [0.25, 0.3) is 21.2 Å². The average Bonchev–Trinajstić information content (AvgIpc) is 2.86. The standard InChI is InChI=1S/C15H9ClOS/c16-12-4-5-13(11(8-12)9-17)14-3-1-2-10-6-7-18-15(10)14/h1-9H. The normalized spacial score (nSPS) is 10.7. The molecule has 0 bridgehead atoms. The Bertz CT molecular complexity index is 730. The second kappa shape index (κ2) is 4.56. The van der Waals surface area contributed by atoms with Crippen LogP contribution in [0.3, 0.4) is 0 Å². The van der Waals surface area contributed by atoms with Crippen LogP contribution in [-0.4, -0.2) is 6.29 Å². The molecule has 0 fully saturated rings. The third-order valence-electron chi connectivity index (χ3n) is 2.91. The third-order valence-corrected chi connectivity index (χ3v) is 4.11. The summed E-state index contributed by atoms with van der Waals surface area (Å²) in [5.41, 5.74) is 2.65. The summed E-state index contributed by atoms with van der Waals surface area (Å²) >= 11 is 7.61. The van der Waals surface area contributed by atoms with E-state index in [0.717, 1.165) is 17.4 Å². The van der Waals surface area contributed by atoms with Crippen molar-refractivity contribution >= 4 is 39.3 Å². The average molecular weight is 273 g/mol. The van der Waals surface area contributed by atoms with Gasteiger partial charge in [-0.05, 0) is 34.5 Å². The molecule has 0 N–H and O–H groups in total. The van der Waals surface area contributed by atoms with Crippen molar-refractivity contribution in [1.29, 1.82) is 0 Å². The van der Waals surface area contributed by atoms with Gasteiger partial charge >= 0.3 is 0 Å². The summed E-state index contributed by atoms with van der Waals surface area (Å²) in [5.74, 6) is 0. The van der Waals surface area contributed by atoms with Crippen molar-refractivity contribution in [3.8, 4) is 11.1 Å². The van der Waals surface area contributed by atoms with Crippen molar-refractivity contribution in [3.05, 3.63) is 58.4 Å². The Labute approximate surface area is 114 Å². The molecule has 88 valence electrons. The molecular formula is C15H9ClOS. The van der Waals surface area contributed by atoms with Gasteiger partial charge in [0.2, 0.25) is 0 Å². The van der Waals surface area contributed by atoms with E-state index in [1.807, 2.05) is 24.3 Å². The van der Waals surface area contributed by atoms with Crippen molar-refractivity contribution in [1.82, 2.24) is 0 Å². The molecule has 0 unspecified atom stereocenters. The highest BCUT2D eigenvalue weighted by Crippen LogP contribution is 2.34. The predicted octanol–water partition coefficient (Wildman–Crippen LogP) is 5.03. The minimum Gasteiger partial charge on any atom is -0.298 e. The van der Waals surface area contributed by atoms with Gasteiger partial charge in [-0.3, -0.25) is 4.79 Å². The van der Waals surface area contributed by atoms with Crippen LogP contribution in [-0.2, 0) is 0 Å². The van der Waals surface area contributed by atoms with Crippen molar-refractivity contribution < 1.29 is 4.79 Å². The fourth-order valence-electron chi connectivity index (χ4n) is 2.08. The first kappa shape index (κ1) is 11.5. The molecule has 1 aromatic heterocycles. The minimum absolute atomic E-state index is 0.583. The molecule has 3 aromatic rings. The molecule has 0 aliphatic heterocycles. The molecule has 0 saturated carbocycles. The van der Waals surface area contributed by atoms with Crippen molar-refractivity contribution in [2.45, 2.75) is 0 Å². The fourth-order valence-corrected chi connectivity index (χ4v) is 3.19. The van der Waals surface area contributed by atoms with Crippen LogP contribution in [0, 0.1) is 0 Å². The Morgan fingerprint density at radius 3 is 2.78 bits per heavy atom. The minimum atomic E-state index is 0.583. The van der Waals surface area contributed by atoms with Crippen molar-refractivity contribution in [2.24, 2.45) is 0 Å². The summed E-state index contributed by atoms with van der Waals surface area (Å²) in [5, 5.41) is 3.84. The third kappa shape index (κ3) is 1.84. The van der Waals surface area contributed by atoms with Gasteiger partial charge in [0.15, 0.2) is 6.29 Å². The topological polar surface area (TPSA) is 17.1 Å². The second-order valence-electron chi connectivity index (χ2n) is 3.99. The SMILES string of the molecule is O=Cc1cc(Cl)ccc1-c1cccc2ccsc12. The highest BCUT2D eigenvalue weighted by molar-refractivity contribution is 7.17. The molecule has 18 heavy (non-hydrogen) atoms. The molecule has 0 spiro atoms. The van der Waals surface area contributed by atoms with Gasteiger partial charge in [-0.25, -0.2) is 0 Å². The molecule has 0 atom stereocenters. The first-order valence-corrected chi connectivity index (χ1v) is 6.76. The van der Waals surface area contributed by atoms with E-state index in [1.54, 1.807) is 17.4 Å². The highest BCUT2D eigenvalue weighted by Gasteiger charge is 2.09. The number of thiophene rings is 1. The number of rotatable bonds is 2.